The van der Waals surface area contributed by atoms with Gasteiger partial charge in [-0.25, -0.2) is 13.1 Å². The molecule has 0 aliphatic rings. The molecule has 0 saturated heterocycles. The Bertz CT molecular complexity index is 1000. The van der Waals surface area contributed by atoms with E-state index in [4.69, 9.17) is 11.6 Å². The SMILES string of the molecule is CCCNC(=O)c1c(O)c(=O)cc(CNS(=O)(=O)c2ccc(Cl)cc2)n1C. The van der Waals surface area contributed by atoms with Crippen molar-refractivity contribution in [2.75, 3.05) is 6.54 Å². The Hall–Kier alpha value is -2.36. The molecular weight excluding hydrogens is 394 g/mol. The van der Waals surface area contributed by atoms with Gasteiger partial charge in [0, 0.05) is 30.4 Å². The molecule has 2 rings (SSSR count). The number of hydrogen-bond donors (Lipinski definition) is 3. The van der Waals surface area contributed by atoms with Crippen molar-refractivity contribution in [3.63, 3.8) is 0 Å². The fraction of sp³-hybridized carbons (Fsp3) is 0.294. The molecule has 0 aliphatic heterocycles. The molecule has 0 aliphatic carbocycles. The molecule has 146 valence electrons. The van der Waals surface area contributed by atoms with Crippen molar-refractivity contribution in [2.45, 2.75) is 24.8 Å². The highest BCUT2D eigenvalue weighted by atomic mass is 35.5. The van der Waals surface area contributed by atoms with E-state index in [0.717, 1.165) is 6.07 Å². The van der Waals surface area contributed by atoms with E-state index in [0.29, 0.717) is 18.0 Å². The van der Waals surface area contributed by atoms with Crippen molar-refractivity contribution < 1.29 is 18.3 Å². The quantitative estimate of drug-likeness (QED) is 0.633. The topological polar surface area (TPSA) is 118 Å². The highest BCUT2D eigenvalue weighted by Crippen LogP contribution is 2.16. The van der Waals surface area contributed by atoms with Gasteiger partial charge in [-0.15, -0.1) is 0 Å². The van der Waals surface area contributed by atoms with E-state index >= 15 is 0 Å². The van der Waals surface area contributed by atoms with Crippen LogP contribution in [0.25, 0.3) is 0 Å². The molecule has 8 nitrogen and oxygen atoms in total. The van der Waals surface area contributed by atoms with Crippen molar-refractivity contribution >= 4 is 27.5 Å². The molecule has 0 spiro atoms. The third-order valence-electron chi connectivity index (χ3n) is 3.84. The van der Waals surface area contributed by atoms with Crippen molar-refractivity contribution in [1.82, 2.24) is 14.6 Å². The van der Waals surface area contributed by atoms with Crippen molar-refractivity contribution in [3.05, 3.63) is 57.0 Å². The van der Waals surface area contributed by atoms with E-state index in [1.165, 1.54) is 35.9 Å². The molecule has 1 aromatic heterocycles. The number of nitrogens with one attached hydrogen (secondary N) is 2. The molecule has 0 fully saturated rings. The predicted octanol–water partition coefficient (Wildman–Crippen LogP) is 1.36. The first-order valence-electron chi connectivity index (χ1n) is 8.12. The van der Waals surface area contributed by atoms with Crippen molar-refractivity contribution in [2.24, 2.45) is 7.05 Å². The summed E-state index contributed by atoms with van der Waals surface area (Å²) in [5, 5.41) is 12.9. The molecule has 1 amide bonds. The minimum atomic E-state index is -3.85. The van der Waals surface area contributed by atoms with E-state index in [1.54, 1.807) is 0 Å². The van der Waals surface area contributed by atoms with Gasteiger partial charge in [0.1, 0.15) is 0 Å². The number of benzene rings is 1. The minimum Gasteiger partial charge on any atom is -0.503 e. The second-order valence-corrected chi connectivity index (χ2v) is 7.99. The Kier molecular flexibility index (Phi) is 6.63. The Morgan fingerprint density at radius 3 is 2.48 bits per heavy atom. The van der Waals surface area contributed by atoms with Crippen LogP contribution in [0.4, 0.5) is 0 Å². The molecular formula is C17H20ClN3O5S. The third kappa shape index (κ3) is 4.88. The molecule has 0 saturated carbocycles. The lowest BCUT2D eigenvalue weighted by atomic mass is 10.2. The zero-order valence-corrected chi connectivity index (χ0v) is 16.4. The highest BCUT2D eigenvalue weighted by Gasteiger charge is 2.20. The number of carbonyl (C=O) groups is 1. The Labute approximate surface area is 161 Å². The van der Waals surface area contributed by atoms with Gasteiger partial charge in [-0.1, -0.05) is 18.5 Å². The van der Waals surface area contributed by atoms with Crippen LogP contribution in [0, 0.1) is 0 Å². The van der Waals surface area contributed by atoms with Gasteiger partial charge in [0.05, 0.1) is 11.4 Å². The van der Waals surface area contributed by atoms with Gasteiger partial charge in [-0.2, -0.15) is 0 Å². The fourth-order valence-electron chi connectivity index (χ4n) is 2.35. The lowest BCUT2D eigenvalue weighted by Gasteiger charge is -2.16. The summed E-state index contributed by atoms with van der Waals surface area (Å²) in [5.41, 5.74) is -0.774. The summed E-state index contributed by atoms with van der Waals surface area (Å²) in [7, 11) is -2.39. The summed E-state index contributed by atoms with van der Waals surface area (Å²) >= 11 is 5.76. The van der Waals surface area contributed by atoms with Crippen LogP contribution >= 0.6 is 11.6 Å². The molecule has 0 atom stereocenters. The first-order chi connectivity index (χ1) is 12.7. The Morgan fingerprint density at radius 1 is 1.26 bits per heavy atom. The van der Waals surface area contributed by atoms with Gasteiger partial charge in [0.2, 0.25) is 15.5 Å². The van der Waals surface area contributed by atoms with Gasteiger partial charge in [-0.3, -0.25) is 9.59 Å². The Morgan fingerprint density at radius 2 is 1.89 bits per heavy atom. The number of amides is 1. The van der Waals surface area contributed by atoms with E-state index in [2.05, 4.69) is 10.0 Å². The number of aromatic nitrogens is 1. The summed E-state index contributed by atoms with van der Waals surface area (Å²) in [4.78, 5) is 24.2. The molecule has 0 unspecified atom stereocenters. The summed E-state index contributed by atoms with van der Waals surface area (Å²) in [6, 6.07) is 6.68. The van der Waals surface area contributed by atoms with Crippen molar-refractivity contribution in [1.29, 1.82) is 0 Å². The summed E-state index contributed by atoms with van der Waals surface area (Å²) in [6.45, 7) is 1.99. The van der Waals surface area contributed by atoms with Crippen LogP contribution in [-0.2, 0) is 23.6 Å². The van der Waals surface area contributed by atoms with Crippen LogP contribution in [0.3, 0.4) is 0 Å². The molecule has 3 N–H and O–H groups in total. The molecule has 0 radical (unpaired) electrons. The zero-order valence-electron chi connectivity index (χ0n) is 14.8. The number of pyridine rings is 1. The molecule has 2 aromatic rings. The molecule has 1 aromatic carbocycles. The van der Waals surface area contributed by atoms with Crippen LogP contribution in [-0.4, -0.2) is 30.5 Å². The fourth-order valence-corrected chi connectivity index (χ4v) is 3.48. The number of hydrogen-bond acceptors (Lipinski definition) is 5. The maximum Gasteiger partial charge on any atom is 0.271 e. The van der Waals surface area contributed by atoms with Crippen LogP contribution in [0.5, 0.6) is 5.75 Å². The van der Waals surface area contributed by atoms with E-state index in [9.17, 15) is 23.1 Å². The van der Waals surface area contributed by atoms with Gasteiger partial charge < -0.3 is 15.0 Å². The van der Waals surface area contributed by atoms with Gasteiger partial charge in [0.15, 0.2) is 11.4 Å². The first kappa shape index (κ1) is 20.9. The van der Waals surface area contributed by atoms with Crippen LogP contribution in [0.2, 0.25) is 5.02 Å². The average Bonchev–Trinajstić information content (AvgIpc) is 2.62. The molecule has 10 heteroatoms. The van der Waals surface area contributed by atoms with E-state index in [-0.39, 0.29) is 22.8 Å². The monoisotopic (exact) mass is 413 g/mol. The summed E-state index contributed by atoms with van der Waals surface area (Å²) in [5.74, 6) is -1.30. The standard InChI is InChI=1S/C17H20ClN3O5S/c1-3-8-19-17(24)15-16(23)14(22)9-12(21(15)2)10-20-27(25,26)13-6-4-11(18)5-7-13/h4-7,9,20,23H,3,8,10H2,1-2H3,(H,19,24). The zero-order chi connectivity index (χ0) is 20.2. The maximum absolute atomic E-state index is 12.4. The van der Waals surface area contributed by atoms with Gasteiger partial charge >= 0.3 is 0 Å². The summed E-state index contributed by atoms with van der Waals surface area (Å²) in [6.07, 6.45) is 0.682. The average molecular weight is 414 g/mol. The number of carbonyl (C=O) groups excluding carboxylic acids is 1. The van der Waals surface area contributed by atoms with Gasteiger partial charge in [0.25, 0.3) is 5.91 Å². The minimum absolute atomic E-state index is 0.0107. The van der Waals surface area contributed by atoms with Crippen molar-refractivity contribution in [3.8, 4) is 5.75 Å². The largest absolute Gasteiger partial charge is 0.503 e. The predicted molar refractivity (Wildman–Crippen MR) is 101 cm³/mol. The number of rotatable bonds is 7. The van der Waals surface area contributed by atoms with E-state index in [1.807, 2.05) is 6.92 Å². The molecule has 27 heavy (non-hydrogen) atoms. The lowest BCUT2D eigenvalue weighted by molar-refractivity contribution is 0.0940. The lowest BCUT2D eigenvalue weighted by Crippen LogP contribution is -2.31. The smallest absolute Gasteiger partial charge is 0.271 e. The number of sulfonamides is 1. The van der Waals surface area contributed by atoms with E-state index < -0.39 is 27.1 Å². The second kappa shape index (κ2) is 8.55. The number of aromatic hydroxyl groups is 1. The van der Waals surface area contributed by atoms with Crippen LogP contribution in [0.15, 0.2) is 40.0 Å². The Balaban J connectivity index is 2.31. The molecule has 1 heterocycles. The van der Waals surface area contributed by atoms with Gasteiger partial charge in [-0.05, 0) is 30.7 Å². The van der Waals surface area contributed by atoms with Crippen LogP contribution < -0.4 is 15.5 Å². The first-order valence-corrected chi connectivity index (χ1v) is 9.98. The third-order valence-corrected chi connectivity index (χ3v) is 5.51. The second-order valence-electron chi connectivity index (χ2n) is 5.79. The molecule has 0 bridgehead atoms. The van der Waals surface area contributed by atoms with Crippen LogP contribution in [0.1, 0.15) is 29.5 Å². The normalized spacial score (nSPS) is 11.4. The number of halogens is 1. The highest BCUT2D eigenvalue weighted by molar-refractivity contribution is 7.89. The summed E-state index contributed by atoms with van der Waals surface area (Å²) < 4.78 is 28.4. The maximum atomic E-state index is 12.4. The number of nitrogens with zero attached hydrogens (tertiary/aromatic N) is 1.